The zero-order valence-corrected chi connectivity index (χ0v) is 14.0. The number of amides is 1. The Morgan fingerprint density at radius 3 is 2.61 bits per heavy atom. The van der Waals surface area contributed by atoms with Gasteiger partial charge < -0.3 is 14.8 Å². The minimum Gasteiger partial charge on any atom is -0.352 e. The zero-order valence-electron chi connectivity index (χ0n) is 14.0. The molecule has 0 aliphatic rings. The Kier molecular flexibility index (Phi) is 4.35. The van der Waals surface area contributed by atoms with Gasteiger partial charge >= 0.3 is 0 Å². The first-order valence-corrected chi connectivity index (χ1v) is 7.98. The maximum absolute atomic E-state index is 12.3. The number of carbonyl (C=O) groups is 1. The van der Waals surface area contributed by atoms with E-state index in [0.29, 0.717) is 6.54 Å². The Morgan fingerprint density at radius 2 is 1.83 bits per heavy atom. The van der Waals surface area contributed by atoms with Gasteiger partial charge in [0.1, 0.15) is 0 Å². The summed E-state index contributed by atoms with van der Waals surface area (Å²) >= 11 is 0. The molecule has 0 aliphatic heterocycles. The van der Waals surface area contributed by atoms with Gasteiger partial charge in [-0.15, -0.1) is 0 Å². The fraction of sp³-hybridized carbons (Fsp3) is 0.316. The van der Waals surface area contributed by atoms with Crippen molar-refractivity contribution in [3.05, 3.63) is 48.0 Å². The summed E-state index contributed by atoms with van der Waals surface area (Å²) in [7, 11) is 6.14. The van der Waals surface area contributed by atoms with Gasteiger partial charge in [-0.05, 0) is 51.3 Å². The number of aromatic nitrogens is 1. The number of rotatable bonds is 5. The molecule has 3 aromatic rings. The molecule has 23 heavy (non-hydrogen) atoms. The molecular weight excluding hydrogens is 286 g/mol. The van der Waals surface area contributed by atoms with E-state index in [-0.39, 0.29) is 5.91 Å². The largest absolute Gasteiger partial charge is 0.352 e. The molecule has 0 atom stereocenters. The van der Waals surface area contributed by atoms with Crippen LogP contribution in [0.15, 0.2) is 42.5 Å². The molecule has 0 aliphatic carbocycles. The Labute approximate surface area is 136 Å². The summed E-state index contributed by atoms with van der Waals surface area (Å²) in [5.41, 5.74) is 3.06. The molecule has 0 bridgehead atoms. The average Bonchev–Trinajstić information content (AvgIpc) is 2.84. The number of hydrogen-bond donors (Lipinski definition) is 1. The lowest BCUT2D eigenvalue weighted by atomic mass is 10.1. The monoisotopic (exact) mass is 309 g/mol. The van der Waals surface area contributed by atoms with E-state index in [1.807, 2.05) is 44.4 Å². The van der Waals surface area contributed by atoms with Crippen LogP contribution in [0.4, 0.5) is 0 Å². The third kappa shape index (κ3) is 3.08. The number of aryl methyl sites for hydroxylation is 1. The van der Waals surface area contributed by atoms with Gasteiger partial charge in [-0.1, -0.05) is 18.2 Å². The maximum Gasteiger partial charge on any atom is 0.251 e. The fourth-order valence-corrected chi connectivity index (χ4v) is 3.01. The van der Waals surface area contributed by atoms with Crippen LogP contribution in [0.5, 0.6) is 0 Å². The van der Waals surface area contributed by atoms with Crippen molar-refractivity contribution >= 4 is 27.7 Å². The van der Waals surface area contributed by atoms with Crippen LogP contribution in [0, 0.1) is 0 Å². The van der Waals surface area contributed by atoms with Crippen LogP contribution in [0.25, 0.3) is 21.8 Å². The van der Waals surface area contributed by atoms with Crippen molar-refractivity contribution in [2.75, 3.05) is 27.2 Å². The van der Waals surface area contributed by atoms with Gasteiger partial charge in [-0.2, -0.15) is 0 Å². The van der Waals surface area contributed by atoms with E-state index < -0.39 is 0 Å². The van der Waals surface area contributed by atoms with Gasteiger partial charge in [0.05, 0.1) is 0 Å². The first-order chi connectivity index (χ1) is 11.1. The summed E-state index contributed by atoms with van der Waals surface area (Å²) in [4.78, 5) is 14.5. The summed E-state index contributed by atoms with van der Waals surface area (Å²) in [5, 5.41) is 5.32. The molecule has 4 nitrogen and oxygen atoms in total. The molecule has 1 amide bonds. The molecule has 0 saturated heterocycles. The SMILES string of the molecule is CN(C)CCCNC(=O)c1ccc2c(c1)c1ccccc1n2C. The quantitative estimate of drug-likeness (QED) is 0.736. The number of hydrogen-bond acceptors (Lipinski definition) is 2. The Balaban J connectivity index is 1.85. The molecule has 1 N–H and O–H groups in total. The number of nitrogens with one attached hydrogen (secondary N) is 1. The van der Waals surface area contributed by atoms with Crippen molar-refractivity contribution in [2.45, 2.75) is 6.42 Å². The van der Waals surface area contributed by atoms with Crippen molar-refractivity contribution < 1.29 is 4.79 Å². The first kappa shape index (κ1) is 15.6. The molecule has 2 aromatic carbocycles. The Bertz CT molecular complexity index is 848. The lowest BCUT2D eigenvalue weighted by Crippen LogP contribution is -2.27. The van der Waals surface area contributed by atoms with Crippen LogP contribution in [-0.4, -0.2) is 42.6 Å². The second kappa shape index (κ2) is 6.42. The zero-order chi connectivity index (χ0) is 16.4. The van der Waals surface area contributed by atoms with Crippen molar-refractivity contribution in [3.8, 4) is 0 Å². The lowest BCUT2D eigenvalue weighted by Gasteiger charge is -2.10. The van der Waals surface area contributed by atoms with Crippen LogP contribution in [0.2, 0.25) is 0 Å². The van der Waals surface area contributed by atoms with Crippen LogP contribution in [0.3, 0.4) is 0 Å². The second-order valence-electron chi connectivity index (χ2n) is 6.22. The normalized spacial score (nSPS) is 11.5. The number of nitrogens with zero attached hydrogens (tertiary/aromatic N) is 2. The standard InChI is InChI=1S/C19H23N3O/c1-21(2)12-6-11-20-19(23)14-9-10-18-16(13-14)15-7-4-5-8-17(15)22(18)3/h4-5,7-10,13H,6,11-12H2,1-3H3,(H,20,23). The number of benzene rings is 2. The molecule has 0 unspecified atom stereocenters. The van der Waals surface area contributed by atoms with Gasteiger partial charge in [0, 0.05) is 41.0 Å². The molecule has 1 aromatic heterocycles. The van der Waals surface area contributed by atoms with Gasteiger partial charge in [0.25, 0.3) is 5.91 Å². The summed E-state index contributed by atoms with van der Waals surface area (Å²) in [6, 6.07) is 14.2. The number of fused-ring (bicyclic) bond motifs is 3. The van der Waals surface area contributed by atoms with Gasteiger partial charge in [0.2, 0.25) is 0 Å². The highest BCUT2D eigenvalue weighted by Gasteiger charge is 2.11. The molecule has 4 heteroatoms. The molecule has 1 heterocycles. The van der Waals surface area contributed by atoms with Crippen molar-refractivity contribution in [2.24, 2.45) is 7.05 Å². The van der Waals surface area contributed by atoms with E-state index in [2.05, 4.69) is 34.0 Å². The van der Waals surface area contributed by atoms with E-state index in [9.17, 15) is 4.79 Å². The minimum atomic E-state index is -0.00131. The molecule has 0 spiro atoms. The van der Waals surface area contributed by atoms with E-state index in [1.54, 1.807) is 0 Å². The van der Waals surface area contributed by atoms with Gasteiger partial charge in [0.15, 0.2) is 0 Å². The molecule has 0 fully saturated rings. The predicted molar refractivity (Wildman–Crippen MR) is 95.9 cm³/mol. The van der Waals surface area contributed by atoms with E-state index in [0.717, 1.165) is 29.4 Å². The third-order valence-corrected chi connectivity index (χ3v) is 4.24. The van der Waals surface area contributed by atoms with Crippen LogP contribution < -0.4 is 5.32 Å². The average molecular weight is 309 g/mol. The molecular formula is C19H23N3O. The molecule has 0 radical (unpaired) electrons. The number of carbonyl (C=O) groups excluding carboxylic acids is 1. The van der Waals surface area contributed by atoms with Gasteiger partial charge in [-0.3, -0.25) is 4.79 Å². The van der Waals surface area contributed by atoms with Crippen LogP contribution in [0.1, 0.15) is 16.8 Å². The van der Waals surface area contributed by atoms with E-state index in [4.69, 9.17) is 0 Å². The van der Waals surface area contributed by atoms with Crippen molar-refractivity contribution in [1.29, 1.82) is 0 Å². The second-order valence-corrected chi connectivity index (χ2v) is 6.22. The van der Waals surface area contributed by atoms with Crippen LogP contribution in [-0.2, 0) is 7.05 Å². The summed E-state index contributed by atoms with van der Waals surface area (Å²) in [6.07, 6.45) is 0.954. The molecule has 0 saturated carbocycles. The third-order valence-electron chi connectivity index (χ3n) is 4.24. The molecule has 3 rings (SSSR count). The summed E-state index contributed by atoms with van der Waals surface area (Å²) < 4.78 is 2.17. The highest BCUT2D eigenvalue weighted by Crippen LogP contribution is 2.28. The molecule has 120 valence electrons. The summed E-state index contributed by atoms with van der Waals surface area (Å²) in [6.45, 7) is 1.67. The minimum absolute atomic E-state index is 0.00131. The van der Waals surface area contributed by atoms with Crippen LogP contribution >= 0.6 is 0 Å². The van der Waals surface area contributed by atoms with Gasteiger partial charge in [-0.25, -0.2) is 0 Å². The van der Waals surface area contributed by atoms with E-state index >= 15 is 0 Å². The highest BCUT2D eigenvalue weighted by molar-refractivity contribution is 6.10. The number of para-hydroxylation sites is 1. The van der Waals surface area contributed by atoms with Crippen molar-refractivity contribution in [3.63, 3.8) is 0 Å². The fourth-order valence-electron chi connectivity index (χ4n) is 3.01. The Morgan fingerprint density at radius 1 is 1.09 bits per heavy atom. The first-order valence-electron chi connectivity index (χ1n) is 7.98. The predicted octanol–water partition coefficient (Wildman–Crippen LogP) is 3.01. The Hall–Kier alpha value is -2.33. The highest BCUT2D eigenvalue weighted by atomic mass is 16.1. The maximum atomic E-state index is 12.3. The van der Waals surface area contributed by atoms with Crippen molar-refractivity contribution in [1.82, 2.24) is 14.8 Å². The topological polar surface area (TPSA) is 37.3 Å². The smallest absolute Gasteiger partial charge is 0.251 e. The lowest BCUT2D eigenvalue weighted by molar-refractivity contribution is 0.0952. The summed E-state index contributed by atoms with van der Waals surface area (Å²) in [5.74, 6) is -0.00131. The van der Waals surface area contributed by atoms with E-state index in [1.165, 1.54) is 10.9 Å².